The fourth-order valence-corrected chi connectivity index (χ4v) is 5.29. The number of nitrogen functional groups attached to an aromatic ring is 1. The van der Waals surface area contributed by atoms with E-state index in [9.17, 15) is 14.9 Å². The number of non-ortho nitro benzene ring substituents is 1. The van der Waals surface area contributed by atoms with Crippen LogP contribution in [0.3, 0.4) is 0 Å². The molecule has 1 aliphatic rings. The van der Waals surface area contributed by atoms with E-state index in [0.717, 1.165) is 35.2 Å². The fraction of sp³-hybridized carbons (Fsp3) is 0.167. The highest BCUT2D eigenvalue weighted by Gasteiger charge is 2.25. The number of nitrogens with two attached hydrogens (primary N) is 1. The maximum absolute atomic E-state index is 13.0. The van der Waals surface area contributed by atoms with Gasteiger partial charge in [0.25, 0.3) is 5.69 Å². The van der Waals surface area contributed by atoms with Gasteiger partial charge in [-0.15, -0.1) is 11.3 Å². The molecule has 0 saturated heterocycles. The second-order valence-corrected chi connectivity index (χ2v) is 8.77. The van der Waals surface area contributed by atoms with Gasteiger partial charge in [0.05, 0.1) is 10.6 Å². The molecule has 5 rings (SSSR count). The molecule has 0 fully saturated rings. The lowest BCUT2D eigenvalue weighted by atomic mass is 9.82. The van der Waals surface area contributed by atoms with Crippen molar-refractivity contribution < 1.29 is 9.72 Å². The largest absolute Gasteiger partial charge is 0.397 e. The first-order chi connectivity index (χ1) is 15.0. The van der Waals surface area contributed by atoms with E-state index in [1.807, 2.05) is 6.07 Å². The van der Waals surface area contributed by atoms with Crippen molar-refractivity contribution in [1.82, 2.24) is 4.98 Å². The lowest BCUT2D eigenvalue weighted by Crippen LogP contribution is -2.14. The Morgan fingerprint density at radius 3 is 2.58 bits per heavy atom. The summed E-state index contributed by atoms with van der Waals surface area (Å²) in [7, 11) is 0. The van der Waals surface area contributed by atoms with Gasteiger partial charge in [0.15, 0.2) is 0 Å². The summed E-state index contributed by atoms with van der Waals surface area (Å²) in [5.41, 5.74) is 10.7. The number of nitro benzene ring substituents is 1. The molecule has 2 aromatic carbocycles. The van der Waals surface area contributed by atoms with Crippen LogP contribution in [0.25, 0.3) is 10.2 Å². The lowest BCUT2D eigenvalue weighted by Gasteiger charge is -2.24. The SMILES string of the molecule is Nc1c(C(=O)c2ccc([N+](=O)[O-])cc2)sc2nc3c(cc12)C[C@@H](c1ccccc1)CC3. The number of anilines is 1. The summed E-state index contributed by atoms with van der Waals surface area (Å²) in [6.45, 7) is 0. The minimum atomic E-state index is -0.487. The molecular weight excluding hydrogens is 410 g/mol. The second kappa shape index (κ2) is 7.59. The third kappa shape index (κ3) is 3.47. The number of thiophene rings is 1. The summed E-state index contributed by atoms with van der Waals surface area (Å²) in [6, 6.07) is 18.2. The van der Waals surface area contributed by atoms with E-state index in [4.69, 9.17) is 10.7 Å². The van der Waals surface area contributed by atoms with Crippen molar-refractivity contribution in [1.29, 1.82) is 0 Å². The zero-order valence-electron chi connectivity index (χ0n) is 16.6. The van der Waals surface area contributed by atoms with Crippen molar-refractivity contribution in [2.75, 3.05) is 5.73 Å². The van der Waals surface area contributed by atoms with E-state index < -0.39 is 4.92 Å². The standard InChI is InChI=1S/C24H19N3O3S/c25-21-19-13-17-12-16(14-4-2-1-3-5-14)8-11-20(17)26-24(19)31-23(21)22(28)15-6-9-18(10-7-15)27(29)30/h1-7,9-10,13,16H,8,11-12,25H2/t16-/m0/s1. The molecule has 0 spiro atoms. The third-order valence-corrected chi connectivity index (χ3v) is 7.02. The van der Waals surface area contributed by atoms with Gasteiger partial charge >= 0.3 is 0 Å². The quantitative estimate of drug-likeness (QED) is 0.270. The molecule has 1 atom stereocenters. The number of rotatable bonds is 4. The van der Waals surface area contributed by atoms with E-state index in [0.29, 0.717) is 22.0 Å². The number of carbonyl (C=O) groups is 1. The van der Waals surface area contributed by atoms with Crippen LogP contribution in [0.4, 0.5) is 11.4 Å². The molecular formula is C24H19N3O3S. The summed E-state index contributed by atoms with van der Waals surface area (Å²) in [4.78, 5) is 29.4. The van der Waals surface area contributed by atoms with Gasteiger partial charge in [-0.1, -0.05) is 30.3 Å². The van der Waals surface area contributed by atoms with Gasteiger partial charge < -0.3 is 5.73 Å². The minimum Gasteiger partial charge on any atom is -0.397 e. The minimum absolute atomic E-state index is 0.0526. The van der Waals surface area contributed by atoms with Gasteiger partial charge in [0.1, 0.15) is 9.71 Å². The molecule has 31 heavy (non-hydrogen) atoms. The molecule has 0 unspecified atom stereocenters. The number of benzene rings is 2. The van der Waals surface area contributed by atoms with Crippen LogP contribution in [0.15, 0.2) is 60.7 Å². The van der Waals surface area contributed by atoms with Crippen molar-refractivity contribution in [2.24, 2.45) is 0 Å². The van der Waals surface area contributed by atoms with Gasteiger partial charge in [-0.25, -0.2) is 4.98 Å². The van der Waals surface area contributed by atoms with Gasteiger partial charge in [-0.05, 0) is 54.5 Å². The Morgan fingerprint density at radius 2 is 1.87 bits per heavy atom. The first-order valence-electron chi connectivity index (χ1n) is 10.1. The van der Waals surface area contributed by atoms with Gasteiger partial charge in [0, 0.05) is 28.8 Å². The highest BCUT2D eigenvalue weighted by atomic mass is 32.1. The Bertz CT molecular complexity index is 1310. The van der Waals surface area contributed by atoms with Crippen LogP contribution in [-0.2, 0) is 12.8 Å². The molecule has 0 aliphatic heterocycles. The van der Waals surface area contributed by atoms with Gasteiger partial charge in [-0.3, -0.25) is 14.9 Å². The molecule has 2 heterocycles. The number of aryl methyl sites for hydroxylation is 1. The van der Waals surface area contributed by atoms with Crippen molar-refractivity contribution in [3.8, 4) is 0 Å². The zero-order chi connectivity index (χ0) is 21.5. The summed E-state index contributed by atoms with van der Waals surface area (Å²) in [5.74, 6) is 0.213. The van der Waals surface area contributed by atoms with E-state index in [2.05, 4.69) is 30.3 Å². The molecule has 2 N–H and O–H groups in total. The van der Waals surface area contributed by atoms with E-state index in [1.54, 1.807) is 0 Å². The maximum Gasteiger partial charge on any atom is 0.269 e. The molecule has 6 nitrogen and oxygen atoms in total. The van der Waals surface area contributed by atoms with Crippen molar-refractivity contribution >= 4 is 38.7 Å². The van der Waals surface area contributed by atoms with Crippen LogP contribution in [0, 0.1) is 10.1 Å². The van der Waals surface area contributed by atoms with Crippen LogP contribution in [0.2, 0.25) is 0 Å². The monoisotopic (exact) mass is 429 g/mol. The van der Waals surface area contributed by atoms with Crippen LogP contribution < -0.4 is 5.73 Å². The molecule has 7 heteroatoms. The molecule has 154 valence electrons. The summed E-state index contributed by atoms with van der Waals surface area (Å²) in [6.07, 6.45) is 2.85. The summed E-state index contributed by atoms with van der Waals surface area (Å²) >= 11 is 1.29. The van der Waals surface area contributed by atoms with Crippen LogP contribution in [0.5, 0.6) is 0 Å². The highest BCUT2D eigenvalue weighted by Crippen LogP contribution is 2.39. The molecule has 4 aromatic rings. The lowest BCUT2D eigenvalue weighted by molar-refractivity contribution is -0.384. The van der Waals surface area contributed by atoms with Gasteiger partial charge in [-0.2, -0.15) is 0 Å². The van der Waals surface area contributed by atoms with E-state index in [-0.39, 0.29) is 11.5 Å². The maximum atomic E-state index is 13.0. The van der Waals surface area contributed by atoms with Crippen molar-refractivity contribution in [2.45, 2.75) is 25.2 Å². The van der Waals surface area contributed by atoms with Crippen LogP contribution >= 0.6 is 11.3 Å². The summed E-state index contributed by atoms with van der Waals surface area (Å²) in [5, 5.41) is 11.7. The van der Waals surface area contributed by atoms with Gasteiger partial charge in [0.2, 0.25) is 5.78 Å². The predicted molar refractivity (Wildman–Crippen MR) is 122 cm³/mol. The van der Waals surface area contributed by atoms with Crippen molar-refractivity contribution in [3.63, 3.8) is 0 Å². The summed E-state index contributed by atoms with van der Waals surface area (Å²) < 4.78 is 0. The number of hydrogen-bond donors (Lipinski definition) is 1. The number of pyridine rings is 1. The fourth-order valence-electron chi connectivity index (χ4n) is 4.23. The van der Waals surface area contributed by atoms with E-state index >= 15 is 0 Å². The Balaban J connectivity index is 1.49. The van der Waals surface area contributed by atoms with Crippen LogP contribution in [-0.4, -0.2) is 15.7 Å². The average molecular weight is 430 g/mol. The molecule has 0 saturated carbocycles. The Kier molecular flexibility index (Phi) is 4.75. The van der Waals surface area contributed by atoms with Crippen molar-refractivity contribution in [3.05, 3.63) is 98.0 Å². The second-order valence-electron chi connectivity index (χ2n) is 7.78. The first-order valence-corrected chi connectivity index (χ1v) is 10.9. The average Bonchev–Trinajstić information content (AvgIpc) is 3.12. The number of fused-ring (bicyclic) bond motifs is 2. The topological polar surface area (TPSA) is 99.1 Å². The number of hydrogen-bond acceptors (Lipinski definition) is 6. The number of carbonyl (C=O) groups excluding carboxylic acids is 1. The first kappa shape index (κ1) is 19.4. The highest BCUT2D eigenvalue weighted by molar-refractivity contribution is 7.21. The molecule has 0 bridgehead atoms. The number of nitrogens with zero attached hydrogens (tertiary/aromatic N) is 2. The smallest absolute Gasteiger partial charge is 0.269 e. The number of ketones is 1. The molecule has 2 aromatic heterocycles. The zero-order valence-corrected chi connectivity index (χ0v) is 17.4. The predicted octanol–water partition coefficient (Wildman–Crippen LogP) is 5.29. The van der Waals surface area contributed by atoms with E-state index in [1.165, 1.54) is 46.7 Å². The normalized spacial score (nSPS) is 15.5. The number of nitro groups is 1. The third-order valence-electron chi connectivity index (χ3n) is 5.90. The molecule has 0 radical (unpaired) electrons. The van der Waals surface area contributed by atoms with Crippen LogP contribution in [0.1, 0.15) is 44.4 Å². The number of aromatic nitrogens is 1. The molecule has 0 amide bonds. The Labute approximate surface area is 182 Å². The molecule has 1 aliphatic carbocycles. The Hall–Kier alpha value is -3.58. The Morgan fingerprint density at radius 1 is 1.13 bits per heavy atom.